The van der Waals surface area contributed by atoms with Crippen molar-refractivity contribution in [1.82, 2.24) is 20.9 Å². The Morgan fingerprint density at radius 3 is 2.54 bits per heavy atom. The number of allylic oxidation sites excluding steroid dienone is 1. The number of fused-ring (bicyclic) bond motifs is 14. The largest absolute Gasteiger partial charge is 0.490 e. The quantitative estimate of drug-likeness (QED) is 0.0536. The molecule has 0 saturated carbocycles. The molecule has 253 valence electrons. The maximum Gasteiger partial charge on any atom is 0.243 e. The van der Waals surface area contributed by atoms with Crippen LogP contribution in [0.4, 0.5) is 0 Å². The first-order valence-corrected chi connectivity index (χ1v) is 17.3. The van der Waals surface area contributed by atoms with Crippen molar-refractivity contribution < 1.29 is 23.9 Å². The number of rotatable bonds is 10. The van der Waals surface area contributed by atoms with Crippen molar-refractivity contribution in [2.45, 2.75) is 69.6 Å². The van der Waals surface area contributed by atoms with E-state index in [0.717, 1.165) is 10.3 Å². The summed E-state index contributed by atoms with van der Waals surface area (Å²) in [5, 5.41) is 8.86. The summed E-state index contributed by atoms with van der Waals surface area (Å²) in [7, 11) is 3.48. The van der Waals surface area contributed by atoms with E-state index in [9.17, 15) is 19.2 Å². The molecule has 2 bridgehead atoms. The summed E-state index contributed by atoms with van der Waals surface area (Å²) in [6, 6.07) is 11.7. The standard InChI is InChI=1S/C34H42N7O5SSi/c1-20(2)18-25-30(43)39-26(19-21-12-14-22(15-13-21)46-17-6-5-11-28(48)32(45)40-25)31(44)38-24(9-7-16-37-34(35)36)29(42)33-41-23-8-3-4-10-27(23)47-33/h3-6,8,10,12-15,20,24-26,28H,7,9,11,16-19H2,1-2H3,(H,38,44)(H,39,43)(H,40,45)(H4,35,36,37)/b6-5-/t24-,25-,26-,28-/m0/s1. The van der Waals surface area contributed by atoms with E-state index >= 15 is 0 Å². The second kappa shape index (κ2) is 17.5. The number of ketones is 1. The van der Waals surface area contributed by atoms with Crippen molar-refractivity contribution in [3.05, 3.63) is 71.3 Å². The van der Waals surface area contributed by atoms with E-state index < -0.39 is 35.5 Å². The first-order chi connectivity index (χ1) is 23.0. The molecule has 1 aromatic heterocycles. The third-order valence-corrected chi connectivity index (χ3v) is 9.17. The van der Waals surface area contributed by atoms with Crippen molar-refractivity contribution in [2.24, 2.45) is 22.4 Å². The van der Waals surface area contributed by atoms with E-state index in [1.165, 1.54) is 11.3 Å². The first-order valence-electron chi connectivity index (χ1n) is 15.9. The van der Waals surface area contributed by atoms with Crippen LogP contribution in [-0.2, 0) is 20.8 Å². The van der Waals surface area contributed by atoms with E-state index in [1.807, 2.05) is 62.4 Å². The Labute approximate surface area is 287 Å². The van der Waals surface area contributed by atoms with E-state index in [1.54, 1.807) is 12.1 Å². The number of aromatic nitrogens is 1. The Kier molecular flexibility index (Phi) is 13.3. The van der Waals surface area contributed by atoms with Gasteiger partial charge in [-0.05, 0) is 61.4 Å². The number of guanidine groups is 1. The van der Waals surface area contributed by atoms with Gasteiger partial charge in [0, 0.05) is 28.7 Å². The molecule has 0 aliphatic carbocycles. The molecule has 5 rings (SSSR count). The van der Waals surface area contributed by atoms with Crippen LogP contribution in [0.3, 0.4) is 0 Å². The average molecular weight is 689 g/mol. The highest BCUT2D eigenvalue weighted by Gasteiger charge is 2.32. The van der Waals surface area contributed by atoms with Crippen LogP contribution in [0.15, 0.2) is 65.7 Å². The van der Waals surface area contributed by atoms with Gasteiger partial charge in [-0.3, -0.25) is 24.2 Å². The zero-order valence-electron chi connectivity index (χ0n) is 27.1. The van der Waals surface area contributed by atoms with Crippen molar-refractivity contribution in [1.29, 1.82) is 0 Å². The molecular weight excluding hydrogens is 647 g/mol. The molecule has 12 nitrogen and oxygen atoms in total. The molecule has 3 heterocycles. The van der Waals surface area contributed by atoms with E-state index in [4.69, 9.17) is 16.2 Å². The fourth-order valence-electron chi connectivity index (χ4n) is 5.14. The predicted molar refractivity (Wildman–Crippen MR) is 188 cm³/mol. The van der Waals surface area contributed by atoms with Crippen LogP contribution in [0.25, 0.3) is 10.2 Å². The fourth-order valence-corrected chi connectivity index (χ4v) is 6.32. The lowest BCUT2D eigenvalue weighted by Gasteiger charge is -2.26. The highest BCUT2D eigenvalue weighted by molar-refractivity contribution is 7.20. The average Bonchev–Trinajstić information content (AvgIpc) is 3.49. The van der Waals surface area contributed by atoms with Crippen LogP contribution in [0.5, 0.6) is 5.75 Å². The minimum Gasteiger partial charge on any atom is -0.490 e. The molecule has 14 heteroatoms. The molecule has 48 heavy (non-hydrogen) atoms. The van der Waals surface area contributed by atoms with Gasteiger partial charge in [0.25, 0.3) is 0 Å². The summed E-state index contributed by atoms with van der Waals surface area (Å²) in [5.74, 6) is -1.13. The van der Waals surface area contributed by atoms with Crippen LogP contribution >= 0.6 is 11.3 Å². The summed E-state index contributed by atoms with van der Waals surface area (Å²) < 4.78 is 6.63. The lowest BCUT2D eigenvalue weighted by Crippen LogP contribution is -2.56. The number of nitrogens with one attached hydrogen (secondary N) is 3. The van der Waals surface area contributed by atoms with Crippen molar-refractivity contribution in [3.63, 3.8) is 0 Å². The molecule has 7 N–H and O–H groups in total. The zero-order valence-corrected chi connectivity index (χ0v) is 28.9. The molecule has 3 aromatic rings. The number of benzene rings is 2. The molecule has 0 saturated heterocycles. The summed E-state index contributed by atoms with van der Waals surface area (Å²) in [6.07, 6.45) is 5.17. The van der Waals surface area contributed by atoms with E-state index in [-0.39, 0.29) is 48.0 Å². The maximum atomic E-state index is 14.1. The number of hydrogen-bond acceptors (Lipinski definition) is 8. The number of thiazole rings is 1. The molecular formula is C34H42N7O5SSi. The predicted octanol–water partition coefficient (Wildman–Crippen LogP) is 2.57. The molecule has 3 radical (unpaired) electrons. The Morgan fingerprint density at radius 1 is 1.08 bits per heavy atom. The molecule has 2 aromatic carbocycles. The van der Waals surface area contributed by atoms with Gasteiger partial charge >= 0.3 is 0 Å². The summed E-state index contributed by atoms with van der Waals surface area (Å²) in [5.41, 5.74) is 11.8. The van der Waals surface area contributed by atoms with Crippen LogP contribution < -0.4 is 32.2 Å². The van der Waals surface area contributed by atoms with Gasteiger partial charge in [0.15, 0.2) is 11.0 Å². The highest BCUT2D eigenvalue weighted by atomic mass is 32.1. The minimum absolute atomic E-state index is 0.0701. The Balaban J connectivity index is 1.63. The third kappa shape index (κ3) is 10.7. The van der Waals surface area contributed by atoms with Gasteiger partial charge in [-0.1, -0.05) is 50.3 Å². The molecule has 3 amide bonds. The van der Waals surface area contributed by atoms with Gasteiger partial charge in [-0.2, -0.15) is 0 Å². The topological polar surface area (TPSA) is 191 Å². The first kappa shape index (κ1) is 36.3. The summed E-state index contributed by atoms with van der Waals surface area (Å²) in [6.45, 7) is 4.47. The minimum atomic E-state index is -1.07. The molecule has 2 aliphatic rings. The van der Waals surface area contributed by atoms with Crippen molar-refractivity contribution in [3.8, 4) is 5.75 Å². The monoisotopic (exact) mass is 688 g/mol. The van der Waals surface area contributed by atoms with Gasteiger partial charge in [-0.25, -0.2) is 4.98 Å². The smallest absolute Gasteiger partial charge is 0.243 e. The number of nitrogens with zero attached hydrogens (tertiary/aromatic N) is 2. The normalized spacial score (nSPS) is 20.2. The van der Waals surface area contributed by atoms with Gasteiger partial charge in [-0.15, -0.1) is 11.3 Å². The third-order valence-electron chi connectivity index (χ3n) is 7.62. The van der Waals surface area contributed by atoms with Crippen LogP contribution in [0, 0.1) is 5.92 Å². The number of Topliss-reactive ketones (excluding diaryl/α,β-unsaturated/α-hetero) is 1. The number of ether oxygens (including phenoxy) is 1. The number of hydrogen-bond donors (Lipinski definition) is 5. The van der Waals surface area contributed by atoms with Crippen LogP contribution in [0.2, 0.25) is 5.54 Å². The number of carbonyl (C=O) groups is 4. The number of aliphatic imine (C=N–C) groups is 1. The molecule has 0 unspecified atom stereocenters. The number of nitrogens with two attached hydrogens (primary N) is 2. The maximum absolute atomic E-state index is 14.1. The second-order valence-corrected chi connectivity index (χ2v) is 13.8. The number of para-hydroxylation sites is 1. The lowest BCUT2D eigenvalue weighted by atomic mass is 10.00. The highest BCUT2D eigenvalue weighted by Crippen LogP contribution is 2.24. The molecule has 0 spiro atoms. The van der Waals surface area contributed by atoms with Crippen LogP contribution in [-0.4, -0.2) is 76.0 Å². The van der Waals surface area contributed by atoms with Gasteiger partial charge < -0.3 is 32.2 Å². The fraction of sp³-hybridized carbons (Fsp3) is 0.412. The van der Waals surface area contributed by atoms with E-state index in [2.05, 4.69) is 36.2 Å². The Bertz CT molecular complexity index is 1600. The second-order valence-electron chi connectivity index (χ2n) is 12.0. The molecule has 0 fully saturated rings. The van der Waals surface area contributed by atoms with E-state index in [0.29, 0.717) is 37.1 Å². The SMILES string of the molecule is CC(C)C[C@@H]1NC(=O)[C@@H]([Si])C/C=C\COc2ccc(cc2)C[C@@H](C(=O)N[C@@H](CCCN=C(N)N)C(=O)c2nc3ccccc3s2)NC1=O. The Morgan fingerprint density at radius 2 is 1.83 bits per heavy atom. The lowest BCUT2D eigenvalue weighted by molar-refractivity contribution is -0.132. The molecule has 4 atom stereocenters. The summed E-state index contributed by atoms with van der Waals surface area (Å²) >= 11 is 1.25. The zero-order chi connectivity index (χ0) is 34.6. The van der Waals surface area contributed by atoms with Crippen molar-refractivity contribution in [2.75, 3.05) is 13.2 Å². The van der Waals surface area contributed by atoms with Crippen molar-refractivity contribution >= 4 is 61.3 Å². The molecule has 2 aliphatic heterocycles. The van der Waals surface area contributed by atoms with Gasteiger partial charge in [0.05, 0.1) is 16.3 Å². The van der Waals surface area contributed by atoms with Gasteiger partial charge in [0.1, 0.15) is 24.4 Å². The summed E-state index contributed by atoms with van der Waals surface area (Å²) in [4.78, 5) is 63.2. The Hall–Kier alpha value is -4.56. The van der Waals surface area contributed by atoms with Gasteiger partial charge in [0.2, 0.25) is 23.5 Å². The van der Waals surface area contributed by atoms with Crippen LogP contribution in [0.1, 0.15) is 54.9 Å². The number of carbonyl (C=O) groups excluding carboxylic acids is 4. The number of amides is 3.